The van der Waals surface area contributed by atoms with Crippen molar-refractivity contribution in [3.63, 3.8) is 0 Å². The van der Waals surface area contributed by atoms with Crippen LogP contribution >= 0.6 is 0 Å². The summed E-state index contributed by atoms with van der Waals surface area (Å²) in [7, 11) is 1.66. The highest BCUT2D eigenvalue weighted by atomic mass is 16.3. The first-order chi connectivity index (χ1) is 11.0. The number of carbonyl (C=O) groups excluding carboxylic acids is 1. The van der Waals surface area contributed by atoms with Crippen LogP contribution in [0.15, 0.2) is 36.5 Å². The third-order valence-corrected chi connectivity index (χ3v) is 3.60. The Bertz CT molecular complexity index is 637. The molecule has 0 unspecified atom stereocenters. The minimum atomic E-state index is -0.207. The smallest absolute Gasteiger partial charge is 0.317 e. The average Bonchev–Trinajstić information content (AvgIpc) is 2.98. The average molecular weight is 316 g/mol. The van der Waals surface area contributed by atoms with Gasteiger partial charge in [0.05, 0.1) is 18.0 Å². The maximum Gasteiger partial charge on any atom is 0.317 e. The first-order valence-corrected chi connectivity index (χ1v) is 7.76. The van der Waals surface area contributed by atoms with E-state index in [1.807, 2.05) is 41.2 Å². The third kappa shape index (κ3) is 4.32. The largest absolute Gasteiger partial charge is 0.395 e. The standard InChI is InChI=1S/C17H24N4O2/c1-13(2)16-14(11-18-17(23)20(3)9-10-22)12-21(19-16)15-7-5-4-6-8-15/h4-8,12-13,22H,9-11H2,1-3H3,(H,18,23). The fraction of sp³-hybridized carbons (Fsp3) is 0.412. The van der Waals surface area contributed by atoms with Crippen LogP contribution in [-0.2, 0) is 6.54 Å². The number of urea groups is 1. The van der Waals surface area contributed by atoms with Gasteiger partial charge in [0.2, 0.25) is 0 Å². The molecule has 2 amide bonds. The summed E-state index contributed by atoms with van der Waals surface area (Å²) < 4.78 is 1.84. The lowest BCUT2D eigenvalue weighted by molar-refractivity contribution is 0.190. The minimum Gasteiger partial charge on any atom is -0.395 e. The number of carbonyl (C=O) groups is 1. The highest BCUT2D eigenvalue weighted by molar-refractivity contribution is 5.73. The lowest BCUT2D eigenvalue weighted by Gasteiger charge is -2.16. The number of rotatable bonds is 6. The topological polar surface area (TPSA) is 70.4 Å². The number of benzene rings is 1. The van der Waals surface area contributed by atoms with Crippen LogP contribution < -0.4 is 5.32 Å². The van der Waals surface area contributed by atoms with Gasteiger partial charge in [-0.05, 0) is 18.1 Å². The SMILES string of the molecule is CC(C)c1nn(-c2ccccc2)cc1CNC(=O)N(C)CCO. The summed E-state index contributed by atoms with van der Waals surface area (Å²) >= 11 is 0. The normalized spacial score (nSPS) is 10.8. The van der Waals surface area contributed by atoms with Crippen LogP contribution in [0.25, 0.3) is 5.69 Å². The van der Waals surface area contributed by atoms with E-state index in [4.69, 9.17) is 5.11 Å². The number of nitrogens with one attached hydrogen (secondary N) is 1. The highest BCUT2D eigenvalue weighted by Gasteiger charge is 2.15. The Morgan fingerprint density at radius 1 is 1.35 bits per heavy atom. The molecule has 0 aliphatic heterocycles. The second kappa shape index (κ2) is 7.78. The number of aliphatic hydroxyl groups excluding tert-OH is 1. The van der Waals surface area contributed by atoms with Crippen molar-refractivity contribution in [3.8, 4) is 5.69 Å². The molecule has 0 fully saturated rings. The molecule has 124 valence electrons. The van der Waals surface area contributed by atoms with Crippen molar-refractivity contribution in [1.29, 1.82) is 0 Å². The Balaban J connectivity index is 2.15. The van der Waals surface area contributed by atoms with Gasteiger partial charge < -0.3 is 15.3 Å². The van der Waals surface area contributed by atoms with Gasteiger partial charge in [-0.25, -0.2) is 9.48 Å². The van der Waals surface area contributed by atoms with Crippen LogP contribution in [0.3, 0.4) is 0 Å². The maximum absolute atomic E-state index is 11.9. The number of hydrogen-bond acceptors (Lipinski definition) is 3. The van der Waals surface area contributed by atoms with Gasteiger partial charge in [0.1, 0.15) is 0 Å². The van der Waals surface area contributed by atoms with E-state index in [1.54, 1.807) is 7.05 Å². The Morgan fingerprint density at radius 2 is 2.04 bits per heavy atom. The Kier molecular flexibility index (Phi) is 5.76. The van der Waals surface area contributed by atoms with E-state index in [1.165, 1.54) is 4.90 Å². The van der Waals surface area contributed by atoms with Crippen molar-refractivity contribution in [3.05, 3.63) is 47.8 Å². The van der Waals surface area contributed by atoms with E-state index in [2.05, 4.69) is 24.3 Å². The molecule has 2 aromatic rings. The Hall–Kier alpha value is -2.34. The van der Waals surface area contributed by atoms with Gasteiger partial charge >= 0.3 is 6.03 Å². The molecule has 6 heteroatoms. The van der Waals surface area contributed by atoms with Crippen molar-refractivity contribution in [2.45, 2.75) is 26.3 Å². The van der Waals surface area contributed by atoms with Gasteiger partial charge in [-0.2, -0.15) is 5.10 Å². The molecule has 0 spiro atoms. The third-order valence-electron chi connectivity index (χ3n) is 3.60. The van der Waals surface area contributed by atoms with E-state index < -0.39 is 0 Å². The molecule has 2 N–H and O–H groups in total. The second-order valence-electron chi connectivity index (χ2n) is 5.78. The van der Waals surface area contributed by atoms with Crippen molar-refractivity contribution < 1.29 is 9.90 Å². The number of nitrogens with zero attached hydrogens (tertiary/aromatic N) is 3. The van der Waals surface area contributed by atoms with E-state index in [9.17, 15) is 4.79 Å². The van der Waals surface area contributed by atoms with Gasteiger partial charge in [-0.3, -0.25) is 0 Å². The van der Waals surface area contributed by atoms with Gasteiger partial charge in [-0.15, -0.1) is 0 Å². The lowest BCUT2D eigenvalue weighted by atomic mass is 10.1. The minimum absolute atomic E-state index is 0.0485. The Labute approximate surface area is 136 Å². The molecule has 6 nitrogen and oxygen atoms in total. The molecular weight excluding hydrogens is 292 g/mol. The number of hydrogen-bond donors (Lipinski definition) is 2. The number of likely N-dealkylation sites (N-methyl/N-ethyl adjacent to an activating group) is 1. The summed E-state index contributed by atoms with van der Waals surface area (Å²) in [4.78, 5) is 13.4. The quantitative estimate of drug-likeness (QED) is 0.857. The molecular formula is C17H24N4O2. The van der Waals surface area contributed by atoms with Crippen LogP contribution in [0.1, 0.15) is 31.0 Å². The predicted octanol–water partition coefficient (Wildman–Crippen LogP) is 2.13. The highest BCUT2D eigenvalue weighted by Crippen LogP contribution is 2.19. The summed E-state index contributed by atoms with van der Waals surface area (Å²) in [5.41, 5.74) is 2.96. The van der Waals surface area contributed by atoms with Crippen LogP contribution in [0.5, 0.6) is 0 Å². The van der Waals surface area contributed by atoms with Crippen LogP contribution in [0.2, 0.25) is 0 Å². The molecule has 1 aromatic carbocycles. The van der Waals surface area contributed by atoms with Crippen LogP contribution in [0, 0.1) is 0 Å². The molecule has 23 heavy (non-hydrogen) atoms. The number of aliphatic hydroxyl groups is 1. The summed E-state index contributed by atoms with van der Waals surface area (Å²) in [6, 6.07) is 9.69. The zero-order valence-corrected chi connectivity index (χ0v) is 13.9. The predicted molar refractivity (Wildman–Crippen MR) is 89.6 cm³/mol. The molecule has 1 aromatic heterocycles. The molecule has 0 atom stereocenters. The van der Waals surface area contributed by atoms with Crippen molar-refractivity contribution in [2.24, 2.45) is 0 Å². The molecule has 1 heterocycles. The molecule has 0 saturated carbocycles. The summed E-state index contributed by atoms with van der Waals surface area (Å²) in [5, 5.41) is 16.4. The molecule has 2 rings (SSSR count). The van der Waals surface area contributed by atoms with Gasteiger partial charge in [0.25, 0.3) is 0 Å². The van der Waals surface area contributed by atoms with Gasteiger partial charge in [-0.1, -0.05) is 32.0 Å². The van der Waals surface area contributed by atoms with E-state index in [0.29, 0.717) is 13.1 Å². The second-order valence-corrected chi connectivity index (χ2v) is 5.78. The van der Waals surface area contributed by atoms with Gasteiger partial charge in [0, 0.05) is 31.9 Å². The zero-order valence-electron chi connectivity index (χ0n) is 13.9. The molecule has 0 saturated heterocycles. The zero-order chi connectivity index (χ0) is 16.8. The van der Waals surface area contributed by atoms with Crippen molar-refractivity contribution in [1.82, 2.24) is 20.0 Å². The van der Waals surface area contributed by atoms with Gasteiger partial charge in [0.15, 0.2) is 0 Å². The van der Waals surface area contributed by atoms with Crippen LogP contribution in [-0.4, -0.2) is 46.0 Å². The van der Waals surface area contributed by atoms with E-state index in [-0.39, 0.29) is 18.6 Å². The van der Waals surface area contributed by atoms with Crippen LogP contribution in [0.4, 0.5) is 4.79 Å². The summed E-state index contributed by atoms with van der Waals surface area (Å²) in [5.74, 6) is 0.266. The summed E-state index contributed by atoms with van der Waals surface area (Å²) in [6.07, 6.45) is 1.96. The van der Waals surface area contributed by atoms with Crippen molar-refractivity contribution in [2.75, 3.05) is 20.2 Å². The summed E-state index contributed by atoms with van der Waals surface area (Å²) in [6.45, 7) is 4.84. The lowest BCUT2D eigenvalue weighted by Crippen LogP contribution is -2.38. The number of para-hydroxylation sites is 1. The van der Waals surface area contributed by atoms with E-state index >= 15 is 0 Å². The number of aromatic nitrogens is 2. The fourth-order valence-electron chi connectivity index (χ4n) is 2.32. The molecule has 0 bridgehead atoms. The molecule has 0 aliphatic rings. The first kappa shape index (κ1) is 17.0. The molecule has 0 radical (unpaired) electrons. The van der Waals surface area contributed by atoms with E-state index in [0.717, 1.165) is 16.9 Å². The Morgan fingerprint density at radius 3 is 2.65 bits per heavy atom. The molecule has 0 aliphatic carbocycles. The first-order valence-electron chi connectivity index (χ1n) is 7.76. The van der Waals surface area contributed by atoms with Crippen molar-refractivity contribution >= 4 is 6.03 Å². The monoisotopic (exact) mass is 316 g/mol. The fourth-order valence-corrected chi connectivity index (χ4v) is 2.32. The number of amides is 2. The maximum atomic E-state index is 11.9.